The van der Waals surface area contributed by atoms with Crippen LogP contribution in [0.25, 0.3) is 17.0 Å². The number of hydrogen-bond donors (Lipinski definition) is 2. The molecule has 4 aromatic heterocycles. The molecule has 5 rings (SSSR count). The van der Waals surface area contributed by atoms with Gasteiger partial charge in [-0.3, -0.25) is 14.2 Å². The van der Waals surface area contributed by atoms with Crippen LogP contribution in [0.4, 0.5) is 33.6 Å². The number of alkyl halides is 3. The number of anilines is 2. The van der Waals surface area contributed by atoms with Crippen LogP contribution < -0.4 is 10.6 Å². The van der Waals surface area contributed by atoms with E-state index in [9.17, 15) is 26.7 Å². The van der Waals surface area contributed by atoms with E-state index in [1.54, 1.807) is 35.0 Å². The summed E-state index contributed by atoms with van der Waals surface area (Å²) >= 11 is 0. The van der Waals surface area contributed by atoms with Crippen LogP contribution in [0, 0.1) is 11.6 Å². The van der Waals surface area contributed by atoms with Crippen molar-refractivity contribution in [2.75, 3.05) is 10.6 Å². The topological polar surface area (TPSA) is 97.1 Å². The second-order valence-corrected chi connectivity index (χ2v) is 8.03. The van der Waals surface area contributed by atoms with E-state index in [0.29, 0.717) is 23.7 Å². The van der Waals surface area contributed by atoms with Crippen molar-refractivity contribution in [2.45, 2.75) is 12.7 Å². The van der Waals surface area contributed by atoms with Crippen molar-refractivity contribution in [3.63, 3.8) is 0 Å². The van der Waals surface area contributed by atoms with E-state index in [-0.39, 0.29) is 35.0 Å². The fourth-order valence-electron chi connectivity index (χ4n) is 3.58. The molecule has 1 amide bonds. The number of halogens is 5. The molecule has 0 fully saturated rings. The van der Waals surface area contributed by atoms with E-state index in [0.717, 1.165) is 18.3 Å². The molecule has 8 nitrogen and oxygen atoms in total. The maximum Gasteiger partial charge on any atom is 0.417 e. The highest BCUT2D eigenvalue weighted by molar-refractivity contribution is 6.03. The standard InChI is InChI=1S/C25H16F5N7O/c26-17-5-4-14(18(27)9-17)12-33-20-10-19(24(38)36-22-3-1-2-21-32-6-7-37(21)22)34-23(35-20)15-8-16(13-31-11-15)25(28,29)30/h1-11,13H,12H2,(H,36,38)(H,33,34,35). The number of amides is 1. The molecule has 0 aliphatic rings. The van der Waals surface area contributed by atoms with Gasteiger partial charge < -0.3 is 10.6 Å². The van der Waals surface area contributed by atoms with Crippen LogP contribution in [0.1, 0.15) is 21.6 Å². The van der Waals surface area contributed by atoms with E-state index in [1.807, 2.05) is 0 Å². The van der Waals surface area contributed by atoms with Crippen molar-refractivity contribution in [2.24, 2.45) is 0 Å². The quantitative estimate of drug-likeness (QED) is 0.290. The molecule has 0 aliphatic carbocycles. The Morgan fingerprint density at radius 2 is 1.84 bits per heavy atom. The molecule has 0 atom stereocenters. The summed E-state index contributed by atoms with van der Waals surface area (Å²) in [5.74, 6) is -2.08. The van der Waals surface area contributed by atoms with Crippen LogP contribution in [-0.4, -0.2) is 30.2 Å². The summed E-state index contributed by atoms with van der Waals surface area (Å²) < 4.78 is 68.8. The molecule has 0 bridgehead atoms. The fourth-order valence-corrected chi connectivity index (χ4v) is 3.58. The molecule has 0 saturated carbocycles. The molecular formula is C25H16F5N7O. The molecule has 4 heterocycles. The van der Waals surface area contributed by atoms with Crippen molar-refractivity contribution in [3.8, 4) is 11.4 Å². The lowest BCUT2D eigenvalue weighted by Gasteiger charge is -2.13. The second-order valence-electron chi connectivity index (χ2n) is 8.03. The van der Waals surface area contributed by atoms with E-state index in [2.05, 4.69) is 30.6 Å². The number of carbonyl (C=O) groups is 1. The van der Waals surface area contributed by atoms with Gasteiger partial charge in [0.25, 0.3) is 5.91 Å². The molecule has 38 heavy (non-hydrogen) atoms. The van der Waals surface area contributed by atoms with Crippen molar-refractivity contribution in [1.29, 1.82) is 0 Å². The van der Waals surface area contributed by atoms with Crippen molar-refractivity contribution >= 4 is 23.2 Å². The lowest BCUT2D eigenvalue weighted by atomic mass is 10.2. The number of imidazole rings is 1. The summed E-state index contributed by atoms with van der Waals surface area (Å²) in [4.78, 5) is 29.3. The lowest BCUT2D eigenvalue weighted by Crippen LogP contribution is -2.17. The van der Waals surface area contributed by atoms with Gasteiger partial charge in [0.1, 0.15) is 34.6 Å². The number of pyridine rings is 2. The maximum atomic E-state index is 14.1. The molecule has 192 valence electrons. The van der Waals surface area contributed by atoms with Gasteiger partial charge in [0.2, 0.25) is 0 Å². The Labute approximate surface area is 211 Å². The van der Waals surface area contributed by atoms with E-state index in [1.165, 1.54) is 12.1 Å². The molecule has 1 aromatic carbocycles. The Morgan fingerprint density at radius 3 is 2.63 bits per heavy atom. The van der Waals surface area contributed by atoms with Crippen molar-refractivity contribution in [3.05, 3.63) is 102 Å². The molecule has 0 unspecified atom stereocenters. The molecule has 0 spiro atoms. The summed E-state index contributed by atoms with van der Waals surface area (Å²) in [5, 5.41) is 5.50. The van der Waals surface area contributed by atoms with Gasteiger partial charge in [0, 0.05) is 54.6 Å². The average Bonchev–Trinajstić information content (AvgIpc) is 3.38. The van der Waals surface area contributed by atoms with Crippen LogP contribution in [0.15, 0.2) is 73.3 Å². The number of hydrogen-bond acceptors (Lipinski definition) is 6. The summed E-state index contributed by atoms with van der Waals surface area (Å²) in [7, 11) is 0. The highest BCUT2D eigenvalue weighted by atomic mass is 19.4. The molecule has 0 saturated heterocycles. The summed E-state index contributed by atoms with van der Waals surface area (Å²) in [6, 6.07) is 10.1. The number of fused-ring (bicyclic) bond motifs is 1. The smallest absolute Gasteiger partial charge is 0.366 e. The van der Waals surface area contributed by atoms with Gasteiger partial charge in [-0.15, -0.1) is 0 Å². The first-order valence-electron chi connectivity index (χ1n) is 11.0. The first-order chi connectivity index (χ1) is 18.2. The highest BCUT2D eigenvalue weighted by Gasteiger charge is 2.31. The zero-order valence-electron chi connectivity index (χ0n) is 19.2. The Bertz CT molecular complexity index is 1650. The molecule has 13 heteroatoms. The van der Waals surface area contributed by atoms with Gasteiger partial charge in [0.05, 0.1) is 5.56 Å². The molecule has 0 aliphatic heterocycles. The normalized spacial score (nSPS) is 11.5. The van der Waals surface area contributed by atoms with Gasteiger partial charge in [-0.05, 0) is 24.3 Å². The monoisotopic (exact) mass is 525 g/mol. The third kappa shape index (κ3) is 5.26. The molecule has 5 aromatic rings. The number of rotatable bonds is 6. The van der Waals surface area contributed by atoms with E-state index in [4.69, 9.17) is 0 Å². The Balaban J connectivity index is 1.51. The van der Waals surface area contributed by atoms with Gasteiger partial charge in [-0.25, -0.2) is 23.7 Å². The van der Waals surface area contributed by atoms with E-state index >= 15 is 0 Å². The Morgan fingerprint density at radius 1 is 1.00 bits per heavy atom. The SMILES string of the molecule is O=C(Nc1cccc2nccn12)c1cc(NCc2ccc(F)cc2F)nc(-c2cncc(C(F)(F)F)c2)n1. The third-order valence-corrected chi connectivity index (χ3v) is 5.43. The lowest BCUT2D eigenvalue weighted by molar-refractivity contribution is -0.137. The molecule has 0 radical (unpaired) electrons. The van der Waals surface area contributed by atoms with Gasteiger partial charge in [0.15, 0.2) is 5.82 Å². The minimum atomic E-state index is -4.66. The molecular weight excluding hydrogens is 509 g/mol. The van der Waals surface area contributed by atoms with Crippen LogP contribution in [0.5, 0.6) is 0 Å². The van der Waals surface area contributed by atoms with Crippen molar-refractivity contribution in [1.82, 2.24) is 24.3 Å². The minimum Gasteiger partial charge on any atom is -0.366 e. The predicted octanol–water partition coefficient (Wildman–Crippen LogP) is 5.35. The maximum absolute atomic E-state index is 14.1. The first kappa shape index (κ1) is 24.7. The highest BCUT2D eigenvalue weighted by Crippen LogP contribution is 2.31. The second kappa shape index (κ2) is 9.84. The minimum absolute atomic E-state index is 0.0159. The summed E-state index contributed by atoms with van der Waals surface area (Å²) in [6.07, 6.45) is 0.298. The number of benzene rings is 1. The summed E-state index contributed by atoms with van der Waals surface area (Å²) in [5.41, 5.74) is -0.632. The first-order valence-corrected chi connectivity index (χ1v) is 11.0. The van der Waals surface area contributed by atoms with Crippen LogP contribution in [0.2, 0.25) is 0 Å². The zero-order valence-corrected chi connectivity index (χ0v) is 19.2. The van der Waals surface area contributed by atoms with Crippen LogP contribution in [-0.2, 0) is 12.7 Å². The number of nitrogens with zero attached hydrogens (tertiary/aromatic N) is 5. The van der Waals surface area contributed by atoms with Gasteiger partial charge in [-0.1, -0.05) is 12.1 Å². The fraction of sp³-hybridized carbons (Fsp3) is 0.0800. The largest absolute Gasteiger partial charge is 0.417 e. The number of aromatic nitrogens is 5. The number of nitrogens with one attached hydrogen (secondary N) is 2. The van der Waals surface area contributed by atoms with Crippen LogP contribution >= 0.6 is 0 Å². The third-order valence-electron chi connectivity index (χ3n) is 5.43. The zero-order chi connectivity index (χ0) is 26.9. The van der Waals surface area contributed by atoms with Crippen molar-refractivity contribution < 1.29 is 26.7 Å². The van der Waals surface area contributed by atoms with Gasteiger partial charge in [-0.2, -0.15) is 13.2 Å². The predicted molar refractivity (Wildman–Crippen MR) is 127 cm³/mol. The average molecular weight is 525 g/mol. The van der Waals surface area contributed by atoms with E-state index < -0.39 is 29.3 Å². The van der Waals surface area contributed by atoms with Crippen LogP contribution in [0.3, 0.4) is 0 Å². The summed E-state index contributed by atoms with van der Waals surface area (Å²) in [6.45, 7) is -0.154. The molecule has 2 N–H and O–H groups in total. The Kier molecular flexibility index (Phi) is 6.41. The Hall–Kier alpha value is -4.94. The number of carbonyl (C=O) groups excluding carboxylic acids is 1. The van der Waals surface area contributed by atoms with Gasteiger partial charge >= 0.3 is 6.18 Å².